The predicted octanol–water partition coefficient (Wildman–Crippen LogP) is 3.92. The highest BCUT2D eigenvalue weighted by atomic mass is 32.2. The molecule has 1 aliphatic rings. The summed E-state index contributed by atoms with van der Waals surface area (Å²) in [7, 11) is 1.60. The van der Waals surface area contributed by atoms with Crippen molar-refractivity contribution in [1.29, 1.82) is 0 Å². The molecule has 1 amide bonds. The number of aliphatic imine (C=N–C) groups is 1. The molecule has 1 heterocycles. The number of carbonyl (C=O) groups is 2. The molecular weight excluding hydrogens is 404 g/mol. The van der Waals surface area contributed by atoms with E-state index in [1.54, 1.807) is 39.2 Å². The lowest BCUT2D eigenvalue weighted by atomic mass is 10.2. The zero-order valence-electron chi connectivity index (χ0n) is 16.9. The molecule has 1 aliphatic heterocycles. The van der Waals surface area contributed by atoms with Crippen LogP contribution in [0.3, 0.4) is 0 Å². The van der Waals surface area contributed by atoms with Gasteiger partial charge in [-0.25, -0.2) is 9.79 Å². The van der Waals surface area contributed by atoms with Crippen LogP contribution in [-0.4, -0.2) is 36.9 Å². The van der Waals surface area contributed by atoms with Crippen molar-refractivity contribution in [2.24, 2.45) is 4.99 Å². The highest BCUT2D eigenvalue weighted by Crippen LogP contribution is 2.29. The van der Waals surface area contributed by atoms with Crippen molar-refractivity contribution in [2.75, 3.05) is 13.7 Å². The Morgan fingerprint density at radius 1 is 1.10 bits per heavy atom. The Morgan fingerprint density at radius 2 is 1.77 bits per heavy atom. The molecule has 0 radical (unpaired) electrons. The average Bonchev–Trinajstić information content (AvgIpc) is 3.06. The van der Waals surface area contributed by atoms with Crippen LogP contribution < -0.4 is 14.8 Å². The number of nitrogens with one attached hydrogen (secondary N) is 1. The zero-order valence-corrected chi connectivity index (χ0v) is 17.7. The monoisotopic (exact) mass is 426 g/mol. The van der Waals surface area contributed by atoms with E-state index in [4.69, 9.17) is 14.2 Å². The molecule has 1 N–H and O–H groups in total. The third-order valence-electron chi connectivity index (χ3n) is 3.86. The standard InChI is InChI=1S/C22H22N2O5S/c1-14(2)29-20(25)13-28-18-8-4-15(5-9-18)12-19-21(26)24-22(30-19)23-16-6-10-17(27-3)11-7-16/h4-12,14H,13H2,1-3H3,(H,23,24,26)/b19-12-. The summed E-state index contributed by atoms with van der Waals surface area (Å²) in [6, 6.07) is 14.3. The van der Waals surface area contributed by atoms with Gasteiger partial charge in [-0.1, -0.05) is 12.1 Å². The van der Waals surface area contributed by atoms with E-state index in [0.29, 0.717) is 15.8 Å². The number of carbonyl (C=O) groups excluding carboxylic acids is 2. The van der Waals surface area contributed by atoms with Crippen molar-refractivity contribution in [1.82, 2.24) is 5.32 Å². The summed E-state index contributed by atoms with van der Waals surface area (Å²) in [6.07, 6.45) is 1.59. The molecule has 156 valence electrons. The number of nitrogens with zero attached hydrogens (tertiary/aromatic N) is 1. The molecule has 1 saturated heterocycles. The van der Waals surface area contributed by atoms with Crippen molar-refractivity contribution in [3.8, 4) is 11.5 Å². The third kappa shape index (κ3) is 6.12. The molecule has 2 aromatic carbocycles. The molecule has 0 aromatic heterocycles. The summed E-state index contributed by atoms with van der Waals surface area (Å²) in [5, 5.41) is 3.27. The maximum absolute atomic E-state index is 12.2. The first-order valence-electron chi connectivity index (χ1n) is 9.29. The SMILES string of the molecule is COc1ccc(N=C2NC(=O)/C(=C/c3ccc(OCC(=O)OC(C)C)cc3)S2)cc1. The number of esters is 1. The molecule has 7 nitrogen and oxygen atoms in total. The molecule has 0 unspecified atom stereocenters. The van der Waals surface area contributed by atoms with Gasteiger partial charge in [0, 0.05) is 0 Å². The minimum absolute atomic E-state index is 0.151. The van der Waals surface area contributed by atoms with E-state index >= 15 is 0 Å². The molecular formula is C22H22N2O5S. The van der Waals surface area contributed by atoms with Crippen LogP contribution in [0.2, 0.25) is 0 Å². The van der Waals surface area contributed by atoms with E-state index in [1.165, 1.54) is 11.8 Å². The number of hydrogen-bond donors (Lipinski definition) is 1. The van der Waals surface area contributed by atoms with Crippen LogP contribution in [0.25, 0.3) is 6.08 Å². The van der Waals surface area contributed by atoms with Crippen LogP contribution >= 0.6 is 11.8 Å². The topological polar surface area (TPSA) is 86.2 Å². The van der Waals surface area contributed by atoms with Gasteiger partial charge in [0.05, 0.1) is 23.8 Å². The highest BCUT2D eigenvalue weighted by molar-refractivity contribution is 8.18. The molecule has 30 heavy (non-hydrogen) atoms. The maximum Gasteiger partial charge on any atom is 0.344 e. The number of ether oxygens (including phenoxy) is 3. The molecule has 0 saturated carbocycles. The molecule has 3 rings (SSSR count). The van der Waals surface area contributed by atoms with Gasteiger partial charge in [-0.3, -0.25) is 4.79 Å². The average molecular weight is 426 g/mol. The molecule has 2 aromatic rings. The Labute approximate surface area is 179 Å². The third-order valence-corrected chi connectivity index (χ3v) is 4.77. The van der Waals surface area contributed by atoms with Gasteiger partial charge in [-0.2, -0.15) is 0 Å². The molecule has 8 heteroatoms. The molecule has 0 aliphatic carbocycles. The maximum atomic E-state index is 12.2. The Kier molecular flexibility index (Phi) is 7.13. The lowest BCUT2D eigenvalue weighted by Crippen LogP contribution is -2.19. The minimum atomic E-state index is -0.418. The van der Waals surface area contributed by atoms with Crippen molar-refractivity contribution < 1.29 is 23.8 Å². The van der Waals surface area contributed by atoms with Gasteiger partial charge in [0.1, 0.15) is 11.5 Å². The van der Waals surface area contributed by atoms with Gasteiger partial charge in [0.15, 0.2) is 11.8 Å². The van der Waals surface area contributed by atoms with Crippen molar-refractivity contribution in [2.45, 2.75) is 20.0 Å². The van der Waals surface area contributed by atoms with Gasteiger partial charge < -0.3 is 19.5 Å². The number of benzene rings is 2. The quantitative estimate of drug-likeness (QED) is 0.534. The lowest BCUT2D eigenvalue weighted by Gasteiger charge is -2.09. The second-order valence-corrected chi connectivity index (χ2v) is 7.61. The number of amidine groups is 1. The van der Waals surface area contributed by atoms with Crippen LogP contribution in [0.4, 0.5) is 5.69 Å². The van der Waals surface area contributed by atoms with Crippen LogP contribution in [0, 0.1) is 0 Å². The van der Waals surface area contributed by atoms with Crippen molar-refractivity contribution in [3.05, 3.63) is 59.0 Å². The van der Waals surface area contributed by atoms with Crippen molar-refractivity contribution in [3.63, 3.8) is 0 Å². The van der Waals surface area contributed by atoms with E-state index in [2.05, 4.69) is 10.3 Å². The fraction of sp³-hybridized carbons (Fsp3) is 0.227. The summed E-state index contributed by atoms with van der Waals surface area (Å²) in [5.41, 5.74) is 1.55. The summed E-state index contributed by atoms with van der Waals surface area (Å²) in [5.74, 6) is 0.665. The van der Waals surface area contributed by atoms with Gasteiger partial charge in [0.2, 0.25) is 0 Å². The fourth-order valence-electron chi connectivity index (χ4n) is 2.51. The molecule has 0 spiro atoms. The van der Waals surface area contributed by atoms with Crippen LogP contribution in [0.1, 0.15) is 19.4 Å². The van der Waals surface area contributed by atoms with E-state index in [1.807, 2.05) is 36.4 Å². The van der Waals surface area contributed by atoms with E-state index in [0.717, 1.165) is 17.0 Å². The van der Waals surface area contributed by atoms with Gasteiger partial charge in [0.25, 0.3) is 5.91 Å². The van der Waals surface area contributed by atoms with E-state index < -0.39 is 5.97 Å². The Balaban J connectivity index is 1.61. The number of methoxy groups -OCH3 is 1. The first-order valence-corrected chi connectivity index (χ1v) is 10.1. The number of hydrogen-bond acceptors (Lipinski definition) is 7. The lowest BCUT2D eigenvalue weighted by molar-refractivity contribution is -0.149. The molecule has 0 atom stereocenters. The Bertz CT molecular complexity index is 966. The smallest absolute Gasteiger partial charge is 0.344 e. The molecule has 1 fully saturated rings. The second-order valence-electron chi connectivity index (χ2n) is 6.58. The Morgan fingerprint density at radius 3 is 2.40 bits per heavy atom. The second kappa shape index (κ2) is 9.98. The Hall–Kier alpha value is -3.26. The number of rotatable bonds is 7. The number of thioether (sulfide) groups is 1. The van der Waals surface area contributed by atoms with Gasteiger partial charge in [-0.15, -0.1) is 0 Å². The van der Waals surface area contributed by atoms with Gasteiger partial charge in [-0.05, 0) is 73.6 Å². The highest BCUT2D eigenvalue weighted by Gasteiger charge is 2.23. The van der Waals surface area contributed by atoms with Crippen LogP contribution in [0.15, 0.2) is 58.4 Å². The first kappa shape index (κ1) is 21.4. The first-order chi connectivity index (χ1) is 14.4. The summed E-state index contributed by atoms with van der Waals surface area (Å²) in [6.45, 7) is 3.41. The van der Waals surface area contributed by atoms with E-state index in [9.17, 15) is 9.59 Å². The van der Waals surface area contributed by atoms with Crippen molar-refractivity contribution >= 4 is 40.6 Å². The fourth-order valence-corrected chi connectivity index (χ4v) is 3.35. The summed E-state index contributed by atoms with van der Waals surface area (Å²) in [4.78, 5) is 28.7. The van der Waals surface area contributed by atoms with E-state index in [-0.39, 0.29) is 18.6 Å². The molecule has 0 bridgehead atoms. The number of amides is 1. The summed E-state index contributed by atoms with van der Waals surface area (Å²) < 4.78 is 15.6. The minimum Gasteiger partial charge on any atom is -0.497 e. The van der Waals surface area contributed by atoms with Crippen LogP contribution in [-0.2, 0) is 14.3 Å². The largest absolute Gasteiger partial charge is 0.497 e. The summed E-state index contributed by atoms with van der Waals surface area (Å²) >= 11 is 1.27. The van der Waals surface area contributed by atoms with Gasteiger partial charge >= 0.3 is 5.97 Å². The van der Waals surface area contributed by atoms with Crippen LogP contribution in [0.5, 0.6) is 11.5 Å². The zero-order chi connectivity index (χ0) is 21.5. The normalized spacial score (nSPS) is 16.1. The predicted molar refractivity (Wildman–Crippen MR) is 117 cm³/mol.